The summed E-state index contributed by atoms with van der Waals surface area (Å²) in [5, 5.41) is 2.89. The Kier molecular flexibility index (Phi) is 6.31. The Hall–Kier alpha value is -3.07. The van der Waals surface area contributed by atoms with Crippen LogP contribution in [0.25, 0.3) is 0 Å². The molecule has 1 heterocycles. The number of amides is 2. The number of benzene rings is 2. The zero-order valence-electron chi connectivity index (χ0n) is 17.0. The Balaban J connectivity index is 1.68. The highest BCUT2D eigenvalue weighted by Crippen LogP contribution is 2.32. The first-order valence-electron chi connectivity index (χ1n) is 9.50. The normalized spacial score (nSPS) is 15.4. The maximum Gasteiger partial charge on any atom is 0.269 e. The molecule has 3 rings (SSSR count). The molecule has 0 unspecified atom stereocenters. The van der Waals surface area contributed by atoms with E-state index in [1.165, 1.54) is 19.2 Å². The number of methoxy groups -OCH3 is 2. The highest BCUT2D eigenvalue weighted by molar-refractivity contribution is 7.90. The van der Waals surface area contributed by atoms with Crippen molar-refractivity contribution in [3.8, 4) is 11.5 Å². The quantitative estimate of drug-likeness (QED) is 0.688. The minimum absolute atomic E-state index is 0.0211. The zero-order valence-corrected chi connectivity index (χ0v) is 17.9. The van der Waals surface area contributed by atoms with Crippen molar-refractivity contribution in [2.45, 2.75) is 30.7 Å². The van der Waals surface area contributed by atoms with Gasteiger partial charge in [0, 0.05) is 13.0 Å². The fourth-order valence-corrected chi connectivity index (χ4v) is 4.98. The number of ether oxygens (including phenoxy) is 2. The van der Waals surface area contributed by atoms with Gasteiger partial charge >= 0.3 is 0 Å². The van der Waals surface area contributed by atoms with Crippen molar-refractivity contribution in [2.24, 2.45) is 0 Å². The Labute approximate surface area is 175 Å². The first kappa shape index (κ1) is 21.6. The van der Waals surface area contributed by atoms with Crippen molar-refractivity contribution in [2.75, 3.05) is 20.8 Å². The summed E-state index contributed by atoms with van der Waals surface area (Å²) >= 11 is 0. The van der Waals surface area contributed by atoms with Gasteiger partial charge in [-0.1, -0.05) is 25.1 Å². The van der Waals surface area contributed by atoms with Gasteiger partial charge in [-0.25, -0.2) is 12.7 Å². The van der Waals surface area contributed by atoms with Crippen LogP contribution in [0.3, 0.4) is 0 Å². The molecule has 0 radical (unpaired) electrons. The van der Waals surface area contributed by atoms with Crippen LogP contribution in [-0.4, -0.2) is 45.3 Å². The Morgan fingerprint density at radius 1 is 1.10 bits per heavy atom. The molecule has 30 heavy (non-hydrogen) atoms. The number of carbonyl (C=O) groups is 2. The van der Waals surface area contributed by atoms with E-state index in [-0.39, 0.29) is 35.4 Å². The predicted molar refractivity (Wildman–Crippen MR) is 110 cm³/mol. The Bertz CT molecular complexity index is 1070. The van der Waals surface area contributed by atoms with E-state index in [1.54, 1.807) is 31.4 Å². The van der Waals surface area contributed by atoms with E-state index < -0.39 is 15.9 Å². The molecule has 1 atom stereocenters. The van der Waals surface area contributed by atoms with E-state index in [0.717, 1.165) is 9.87 Å². The second-order valence-corrected chi connectivity index (χ2v) is 8.60. The molecule has 0 aromatic heterocycles. The van der Waals surface area contributed by atoms with Gasteiger partial charge in [0.15, 0.2) is 11.5 Å². The standard InChI is InChI=1S/C21H24N2O6S/c1-4-16(14-9-10-17(28-2)18(13-14)29-3)22-20(24)11-12-23-21(25)15-7-5-6-8-19(15)30(23,26)27/h5-10,13,16H,4,11-12H2,1-3H3,(H,22,24)/t16-/m1/s1. The highest BCUT2D eigenvalue weighted by atomic mass is 32.2. The number of carbonyl (C=O) groups excluding carboxylic acids is 2. The lowest BCUT2D eigenvalue weighted by atomic mass is 10.0. The van der Waals surface area contributed by atoms with Gasteiger partial charge in [0.05, 0.1) is 25.8 Å². The lowest BCUT2D eigenvalue weighted by molar-refractivity contribution is -0.121. The molecule has 1 aliphatic rings. The SMILES string of the molecule is CC[C@@H](NC(=O)CCN1C(=O)c2ccccc2S1(=O)=O)c1ccc(OC)c(OC)c1. The molecule has 1 aliphatic heterocycles. The van der Waals surface area contributed by atoms with E-state index in [1.807, 2.05) is 13.0 Å². The smallest absolute Gasteiger partial charge is 0.269 e. The molecule has 2 aromatic carbocycles. The molecule has 0 spiro atoms. The van der Waals surface area contributed by atoms with Crippen molar-refractivity contribution in [1.29, 1.82) is 0 Å². The molecule has 160 valence electrons. The molecule has 2 aromatic rings. The van der Waals surface area contributed by atoms with Gasteiger partial charge in [-0.05, 0) is 36.2 Å². The lowest BCUT2D eigenvalue weighted by Gasteiger charge is -2.20. The Morgan fingerprint density at radius 2 is 1.80 bits per heavy atom. The minimum atomic E-state index is -3.92. The summed E-state index contributed by atoms with van der Waals surface area (Å²) in [6.45, 7) is 1.71. The largest absolute Gasteiger partial charge is 0.493 e. The van der Waals surface area contributed by atoms with Crippen molar-refractivity contribution in [3.63, 3.8) is 0 Å². The highest BCUT2D eigenvalue weighted by Gasteiger charge is 2.40. The number of rotatable bonds is 8. The van der Waals surface area contributed by atoms with E-state index >= 15 is 0 Å². The molecule has 2 amide bonds. The van der Waals surface area contributed by atoms with Crippen molar-refractivity contribution >= 4 is 21.8 Å². The van der Waals surface area contributed by atoms with Crippen molar-refractivity contribution in [3.05, 3.63) is 53.6 Å². The average molecular weight is 432 g/mol. The molecule has 0 saturated carbocycles. The maximum absolute atomic E-state index is 12.6. The van der Waals surface area contributed by atoms with Gasteiger partial charge < -0.3 is 14.8 Å². The number of nitrogens with one attached hydrogen (secondary N) is 1. The summed E-state index contributed by atoms with van der Waals surface area (Å²) in [5.74, 6) is 0.176. The van der Waals surface area contributed by atoms with Crippen LogP contribution in [0.2, 0.25) is 0 Å². The number of nitrogens with zero attached hydrogens (tertiary/aromatic N) is 1. The molecular weight excluding hydrogens is 408 g/mol. The fourth-order valence-electron chi connectivity index (χ4n) is 3.41. The number of fused-ring (bicyclic) bond motifs is 1. The van der Waals surface area contributed by atoms with Crippen LogP contribution >= 0.6 is 0 Å². The second-order valence-electron chi connectivity index (χ2n) is 6.77. The third kappa shape index (κ3) is 3.97. The molecule has 0 saturated heterocycles. The summed E-state index contributed by atoms with van der Waals surface area (Å²) in [7, 11) is -0.842. The van der Waals surface area contributed by atoms with Crippen LogP contribution in [0.1, 0.15) is 41.7 Å². The van der Waals surface area contributed by atoms with Crippen LogP contribution in [0.5, 0.6) is 11.5 Å². The maximum atomic E-state index is 12.6. The molecular formula is C21H24N2O6S. The van der Waals surface area contributed by atoms with E-state index in [2.05, 4.69) is 5.32 Å². The third-order valence-electron chi connectivity index (χ3n) is 5.01. The van der Waals surface area contributed by atoms with Gasteiger partial charge in [-0.3, -0.25) is 9.59 Å². The number of hydrogen-bond donors (Lipinski definition) is 1. The average Bonchev–Trinajstić information content (AvgIpc) is 2.95. The first-order valence-corrected chi connectivity index (χ1v) is 10.9. The van der Waals surface area contributed by atoms with Crippen LogP contribution in [0.15, 0.2) is 47.4 Å². The van der Waals surface area contributed by atoms with E-state index in [9.17, 15) is 18.0 Å². The molecule has 1 N–H and O–H groups in total. The van der Waals surface area contributed by atoms with Crippen molar-refractivity contribution < 1.29 is 27.5 Å². The van der Waals surface area contributed by atoms with Gasteiger partial charge in [-0.15, -0.1) is 0 Å². The van der Waals surface area contributed by atoms with Gasteiger partial charge in [0.1, 0.15) is 4.90 Å². The first-order chi connectivity index (χ1) is 14.3. The van der Waals surface area contributed by atoms with Crippen LogP contribution < -0.4 is 14.8 Å². The number of sulfonamides is 1. The predicted octanol–water partition coefficient (Wildman–Crippen LogP) is 2.51. The second kappa shape index (κ2) is 8.74. The summed E-state index contributed by atoms with van der Waals surface area (Å²) in [4.78, 5) is 24.9. The summed E-state index contributed by atoms with van der Waals surface area (Å²) < 4.78 is 36.5. The monoisotopic (exact) mass is 432 g/mol. The Morgan fingerprint density at radius 3 is 2.43 bits per heavy atom. The summed E-state index contributed by atoms with van der Waals surface area (Å²) in [6.07, 6.45) is 0.482. The topological polar surface area (TPSA) is 102 Å². The summed E-state index contributed by atoms with van der Waals surface area (Å²) in [5.41, 5.74) is 0.968. The van der Waals surface area contributed by atoms with Crippen LogP contribution in [-0.2, 0) is 14.8 Å². The zero-order chi connectivity index (χ0) is 21.9. The molecule has 9 heteroatoms. The van der Waals surface area contributed by atoms with Crippen molar-refractivity contribution in [1.82, 2.24) is 9.62 Å². The fraction of sp³-hybridized carbons (Fsp3) is 0.333. The molecule has 8 nitrogen and oxygen atoms in total. The molecule has 0 aliphatic carbocycles. The van der Waals surface area contributed by atoms with Crippen LogP contribution in [0.4, 0.5) is 0 Å². The van der Waals surface area contributed by atoms with E-state index in [4.69, 9.17) is 9.47 Å². The minimum Gasteiger partial charge on any atom is -0.493 e. The molecule has 0 fully saturated rings. The summed E-state index contributed by atoms with van der Waals surface area (Å²) in [6, 6.07) is 11.1. The lowest BCUT2D eigenvalue weighted by Crippen LogP contribution is -2.35. The van der Waals surface area contributed by atoms with Crippen LogP contribution in [0, 0.1) is 0 Å². The van der Waals surface area contributed by atoms with Gasteiger partial charge in [-0.2, -0.15) is 0 Å². The van der Waals surface area contributed by atoms with E-state index in [0.29, 0.717) is 17.9 Å². The van der Waals surface area contributed by atoms with Gasteiger partial charge in [0.25, 0.3) is 15.9 Å². The molecule has 0 bridgehead atoms. The van der Waals surface area contributed by atoms with Gasteiger partial charge in [0.2, 0.25) is 5.91 Å². The number of hydrogen-bond acceptors (Lipinski definition) is 6. The third-order valence-corrected chi connectivity index (χ3v) is 6.85.